The van der Waals surface area contributed by atoms with Crippen LogP contribution < -0.4 is 11.1 Å². The Morgan fingerprint density at radius 2 is 1.90 bits per heavy atom. The van der Waals surface area contributed by atoms with Crippen LogP contribution in [0, 0.1) is 5.92 Å². The molecule has 1 saturated heterocycles. The van der Waals surface area contributed by atoms with Crippen molar-refractivity contribution in [1.82, 2.24) is 15.1 Å². The van der Waals surface area contributed by atoms with Gasteiger partial charge < -0.3 is 11.1 Å². The molecule has 150 valence electrons. The van der Waals surface area contributed by atoms with Gasteiger partial charge in [-0.3, -0.25) is 4.79 Å². The first-order valence-corrected chi connectivity index (χ1v) is 10.8. The van der Waals surface area contributed by atoms with Crippen molar-refractivity contribution in [2.45, 2.75) is 43.9 Å². The van der Waals surface area contributed by atoms with E-state index in [1.807, 2.05) is 23.0 Å². The summed E-state index contributed by atoms with van der Waals surface area (Å²) in [4.78, 5) is 11.7. The monoisotopic (exact) mass is 388 g/mol. The van der Waals surface area contributed by atoms with E-state index in [-0.39, 0.29) is 5.41 Å². The number of piperidine rings is 1. The third kappa shape index (κ3) is 3.14. The highest BCUT2D eigenvalue weighted by Gasteiger charge is 2.42. The van der Waals surface area contributed by atoms with Crippen LogP contribution in [-0.4, -0.2) is 28.8 Å². The lowest BCUT2D eigenvalue weighted by Crippen LogP contribution is -2.47. The van der Waals surface area contributed by atoms with Gasteiger partial charge in [0.15, 0.2) is 0 Å². The Kier molecular flexibility index (Phi) is 4.63. The number of amides is 1. The van der Waals surface area contributed by atoms with Crippen LogP contribution in [0.25, 0.3) is 16.6 Å². The van der Waals surface area contributed by atoms with Crippen molar-refractivity contribution in [2.24, 2.45) is 11.7 Å². The van der Waals surface area contributed by atoms with E-state index in [1.54, 1.807) is 6.07 Å². The number of nitrogens with zero attached hydrogens (tertiary/aromatic N) is 2. The second-order valence-corrected chi connectivity index (χ2v) is 8.65. The van der Waals surface area contributed by atoms with Crippen molar-refractivity contribution in [3.05, 3.63) is 59.8 Å². The standard InChI is InChI=1S/C24H28N4O/c25-23(29)21-8-3-5-17-15-28(27-22(17)21)20-11-9-19(10-12-20)24(13-4-14-26-16-24)18-6-1-2-7-18/h3,5,8-12,15,18,26H,1-2,4,6-7,13-14,16H2,(H2,25,29)/t24-/m1/s1. The Labute approximate surface area is 171 Å². The van der Waals surface area contributed by atoms with Crippen LogP contribution in [0.4, 0.5) is 0 Å². The highest BCUT2D eigenvalue weighted by Crippen LogP contribution is 2.46. The summed E-state index contributed by atoms with van der Waals surface area (Å²) in [5, 5.41) is 9.24. The molecule has 1 aliphatic heterocycles. The average molecular weight is 389 g/mol. The first kappa shape index (κ1) is 18.4. The number of hydrogen-bond acceptors (Lipinski definition) is 3. The van der Waals surface area contributed by atoms with Gasteiger partial charge in [0.2, 0.25) is 0 Å². The molecule has 0 radical (unpaired) electrons. The summed E-state index contributed by atoms with van der Waals surface area (Å²) in [6.07, 6.45) is 9.93. The van der Waals surface area contributed by atoms with Crippen molar-refractivity contribution < 1.29 is 4.79 Å². The van der Waals surface area contributed by atoms with Crippen molar-refractivity contribution in [3.63, 3.8) is 0 Å². The average Bonchev–Trinajstić information content (AvgIpc) is 3.44. The summed E-state index contributed by atoms with van der Waals surface area (Å²) >= 11 is 0. The third-order valence-corrected chi connectivity index (χ3v) is 7.06. The number of rotatable bonds is 4. The van der Waals surface area contributed by atoms with Crippen molar-refractivity contribution >= 4 is 16.8 Å². The van der Waals surface area contributed by atoms with E-state index in [0.29, 0.717) is 11.1 Å². The first-order chi connectivity index (χ1) is 14.2. The van der Waals surface area contributed by atoms with E-state index in [0.717, 1.165) is 30.1 Å². The fourth-order valence-electron chi connectivity index (χ4n) is 5.56. The van der Waals surface area contributed by atoms with E-state index in [2.05, 4.69) is 34.7 Å². The van der Waals surface area contributed by atoms with Crippen molar-refractivity contribution in [3.8, 4) is 5.69 Å². The highest BCUT2D eigenvalue weighted by molar-refractivity contribution is 6.04. The molecule has 2 aromatic carbocycles. The van der Waals surface area contributed by atoms with Gasteiger partial charge in [0, 0.05) is 23.5 Å². The molecule has 0 bridgehead atoms. The summed E-state index contributed by atoms with van der Waals surface area (Å²) in [7, 11) is 0. The fourth-order valence-corrected chi connectivity index (χ4v) is 5.56. The molecule has 5 nitrogen and oxygen atoms in total. The van der Waals surface area contributed by atoms with Crippen molar-refractivity contribution in [1.29, 1.82) is 0 Å². The molecule has 29 heavy (non-hydrogen) atoms. The number of aromatic nitrogens is 2. The summed E-state index contributed by atoms with van der Waals surface area (Å²) in [6.45, 7) is 2.22. The zero-order valence-corrected chi connectivity index (χ0v) is 16.7. The molecule has 5 heteroatoms. The Hall–Kier alpha value is -2.66. The number of nitrogens with one attached hydrogen (secondary N) is 1. The van der Waals surface area contributed by atoms with Gasteiger partial charge in [-0.05, 0) is 61.9 Å². The van der Waals surface area contributed by atoms with Gasteiger partial charge in [-0.2, -0.15) is 5.10 Å². The van der Waals surface area contributed by atoms with Gasteiger partial charge in [-0.25, -0.2) is 4.68 Å². The zero-order chi connectivity index (χ0) is 19.8. The predicted molar refractivity (Wildman–Crippen MR) is 115 cm³/mol. The van der Waals surface area contributed by atoms with E-state index in [1.165, 1.54) is 44.1 Å². The van der Waals surface area contributed by atoms with Gasteiger partial charge in [0.05, 0.1) is 11.3 Å². The predicted octanol–water partition coefficient (Wildman–Crippen LogP) is 3.94. The number of fused-ring (bicyclic) bond motifs is 1. The molecule has 2 heterocycles. The molecule has 1 amide bonds. The Balaban J connectivity index is 1.50. The zero-order valence-electron chi connectivity index (χ0n) is 16.7. The molecular formula is C24H28N4O. The van der Waals surface area contributed by atoms with E-state index in [9.17, 15) is 4.79 Å². The summed E-state index contributed by atoms with van der Waals surface area (Å²) in [5.74, 6) is 0.339. The topological polar surface area (TPSA) is 72.9 Å². The molecule has 5 rings (SSSR count). The molecule has 0 spiro atoms. The van der Waals surface area contributed by atoms with Crippen LogP contribution in [0.15, 0.2) is 48.7 Å². The normalized spacial score (nSPS) is 22.9. The quantitative estimate of drug-likeness (QED) is 0.711. The maximum Gasteiger partial charge on any atom is 0.250 e. The number of nitrogens with two attached hydrogens (primary N) is 1. The van der Waals surface area contributed by atoms with E-state index < -0.39 is 5.91 Å². The van der Waals surface area contributed by atoms with Gasteiger partial charge in [-0.1, -0.05) is 37.1 Å². The van der Waals surface area contributed by atoms with Gasteiger partial charge in [-0.15, -0.1) is 0 Å². The molecule has 1 saturated carbocycles. The maximum atomic E-state index is 11.7. The number of hydrogen-bond donors (Lipinski definition) is 2. The van der Waals surface area contributed by atoms with Crippen molar-refractivity contribution in [2.75, 3.05) is 13.1 Å². The SMILES string of the molecule is NC(=O)c1cccc2cn(-c3ccc([C@]4(C5CCCC5)CCCNC4)cc3)nc12. The largest absolute Gasteiger partial charge is 0.366 e. The van der Waals surface area contributed by atoms with Crippen LogP contribution in [-0.2, 0) is 5.41 Å². The maximum absolute atomic E-state index is 11.7. The molecule has 3 aromatic rings. The minimum Gasteiger partial charge on any atom is -0.366 e. The lowest BCUT2D eigenvalue weighted by Gasteiger charge is -2.43. The smallest absolute Gasteiger partial charge is 0.250 e. The summed E-state index contributed by atoms with van der Waals surface area (Å²) in [6, 6.07) is 14.4. The van der Waals surface area contributed by atoms with Gasteiger partial charge in [0.25, 0.3) is 5.91 Å². The molecule has 1 aromatic heterocycles. The molecule has 2 fully saturated rings. The summed E-state index contributed by atoms with van der Waals surface area (Å²) in [5.41, 5.74) is 9.35. The molecule has 0 unspecified atom stereocenters. The number of carbonyl (C=O) groups is 1. The molecular weight excluding hydrogens is 360 g/mol. The molecule has 3 N–H and O–H groups in total. The Morgan fingerprint density at radius 3 is 2.59 bits per heavy atom. The van der Waals surface area contributed by atoms with Gasteiger partial charge >= 0.3 is 0 Å². The van der Waals surface area contributed by atoms with Crippen LogP contribution >= 0.6 is 0 Å². The van der Waals surface area contributed by atoms with Crippen LogP contribution in [0.2, 0.25) is 0 Å². The van der Waals surface area contributed by atoms with Crippen LogP contribution in [0.1, 0.15) is 54.4 Å². The van der Waals surface area contributed by atoms with E-state index >= 15 is 0 Å². The molecule has 1 atom stereocenters. The lowest BCUT2D eigenvalue weighted by molar-refractivity contribution is 0.100. The Bertz CT molecular complexity index is 1020. The molecule has 1 aliphatic carbocycles. The van der Waals surface area contributed by atoms with E-state index in [4.69, 9.17) is 5.73 Å². The summed E-state index contributed by atoms with van der Waals surface area (Å²) < 4.78 is 1.85. The number of carbonyl (C=O) groups excluding carboxylic acids is 1. The van der Waals surface area contributed by atoms with Crippen LogP contribution in [0.3, 0.4) is 0 Å². The molecule has 2 aliphatic rings. The first-order valence-electron chi connectivity index (χ1n) is 10.8. The highest BCUT2D eigenvalue weighted by atomic mass is 16.1. The second-order valence-electron chi connectivity index (χ2n) is 8.65. The lowest BCUT2D eigenvalue weighted by atomic mass is 9.65. The minimum absolute atomic E-state index is 0.265. The van der Waals surface area contributed by atoms with Gasteiger partial charge in [0.1, 0.15) is 5.52 Å². The third-order valence-electron chi connectivity index (χ3n) is 7.06. The number of primary amides is 1. The number of benzene rings is 2. The minimum atomic E-state index is -0.445. The van der Waals surface area contributed by atoms with Crippen LogP contribution in [0.5, 0.6) is 0 Å². The second kappa shape index (κ2) is 7.30. The fraction of sp³-hybridized carbons (Fsp3) is 0.417. The Morgan fingerprint density at radius 1 is 1.10 bits per heavy atom.